The van der Waals surface area contributed by atoms with Crippen LogP contribution in [-0.2, 0) is 14.4 Å². The van der Waals surface area contributed by atoms with E-state index in [-0.39, 0.29) is 13.0 Å². The van der Waals surface area contributed by atoms with Crippen LogP contribution in [0.3, 0.4) is 0 Å². The number of hydrogen-bond donors (Lipinski definition) is 2. The SMILES string of the molecule is CCCCCCCCCCCC(=O)N(CC(=O)O)C(=O)CN. The number of carboxylic acid groups (broad SMARTS) is 1. The van der Waals surface area contributed by atoms with Crippen LogP contribution in [0.25, 0.3) is 0 Å². The van der Waals surface area contributed by atoms with Gasteiger partial charge in [-0.3, -0.25) is 19.3 Å². The van der Waals surface area contributed by atoms with Gasteiger partial charge in [-0.2, -0.15) is 0 Å². The van der Waals surface area contributed by atoms with Crippen LogP contribution in [0.1, 0.15) is 71.1 Å². The van der Waals surface area contributed by atoms with Crippen molar-refractivity contribution in [2.24, 2.45) is 5.73 Å². The maximum absolute atomic E-state index is 11.9. The third-order valence-electron chi connectivity index (χ3n) is 3.56. The van der Waals surface area contributed by atoms with Gasteiger partial charge in [0.2, 0.25) is 11.8 Å². The van der Waals surface area contributed by atoms with Crippen LogP contribution >= 0.6 is 0 Å². The molecule has 22 heavy (non-hydrogen) atoms. The molecule has 0 heterocycles. The Hall–Kier alpha value is -1.43. The molecule has 0 saturated carbocycles. The highest BCUT2D eigenvalue weighted by Gasteiger charge is 2.22. The number of amides is 2. The Bertz CT molecular complexity index is 345. The molecule has 0 rings (SSSR count). The summed E-state index contributed by atoms with van der Waals surface area (Å²) >= 11 is 0. The molecule has 6 heteroatoms. The average molecular weight is 314 g/mol. The van der Waals surface area contributed by atoms with E-state index in [4.69, 9.17) is 10.8 Å². The van der Waals surface area contributed by atoms with Crippen molar-refractivity contribution in [2.45, 2.75) is 71.1 Å². The van der Waals surface area contributed by atoms with E-state index < -0.39 is 24.3 Å². The second kappa shape index (κ2) is 13.2. The van der Waals surface area contributed by atoms with Gasteiger partial charge in [-0.05, 0) is 6.42 Å². The first-order valence-corrected chi connectivity index (χ1v) is 8.28. The number of carbonyl (C=O) groups excluding carboxylic acids is 2. The highest BCUT2D eigenvalue weighted by molar-refractivity contribution is 5.98. The summed E-state index contributed by atoms with van der Waals surface area (Å²) in [4.78, 5) is 34.8. The molecule has 128 valence electrons. The number of hydrogen-bond acceptors (Lipinski definition) is 4. The molecule has 0 aliphatic carbocycles. The maximum atomic E-state index is 11.9. The zero-order valence-electron chi connectivity index (χ0n) is 13.7. The largest absolute Gasteiger partial charge is 0.480 e. The Morgan fingerprint density at radius 3 is 1.82 bits per heavy atom. The summed E-state index contributed by atoms with van der Waals surface area (Å²) in [6, 6.07) is 0. The molecule has 0 aliphatic rings. The predicted octanol–water partition coefficient (Wildman–Crippen LogP) is 2.31. The minimum absolute atomic E-state index is 0.203. The molecule has 0 aromatic rings. The lowest BCUT2D eigenvalue weighted by Gasteiger charge is -2.17. The van der Waals surface area contributed by atoms with Gasteiger partial charge < -0.3 is 10.8 Å². The number of nitrogens with two attached hydrogens (primary N) is 1. The van der Waals surface area contributed by atoms with Crippen LogP contribution in [0.5, 0.6) is 0 Å². The first-order chi connectivity index (χ1) is 10.5. The molecule has 0 aromatic carbocycles. The average Bonchev–Trinajstić information content (AvgIpc) is 2.49. The summed E-state index contributed by atoms with van der Waals surface area (Å²) in [6.07, 6.45) is 10.4. The van der Waals surface area contributed by atoms with Crippen LogP contribution in [0.4, 0.5) is 0 Å². The van der Waals surface area contributed by atoms with E-state index in [1.54, 1.807) is 0 Å². The Morgan fingerprint density at radius 1 is 0.864 bits per heavy atom. The minimum atomic E-state index is -1.21. The maximum Gasteiger partial charge on any atom is 0.323 e. The van der Waals surface area contributed by atoms with Crippen LogP contribution < -0.4 is 5.73 Å². The number of unbranched alkanes of at least 4 members (excludes halogenated alkanes) is 8. The second-order valence-corrected chi connectivity index (χ2v) is 5.55. The molecule has 0 aromatic heterocycles. The minimum Gasteiger partial charge on any atom is -0.480 e. The molecule has 6 nitrogen and oxygen atoms in total. The molecule has 0 aliphatic heterocycles. The van der Waals surface area contributed by atoms with Crippen molar-refractivity contribution in [1.29, 1.82) is 0 Å². The van der Waals surface area contributed by atoms with Gasteiger partial charge in [-0.1, -0.05) is 58.3 Å². The van der Waals surface area contributed by atoms with Crippen molar-refractivity contribution in [1.82, 2.24) is 4.90 Å². The fourth-order valence-electron chi connectivity index (χ4n) is 2.28. The predicted molar refractivity (Wildman–Crippen MR) is 85.3 cm³/mol. The fourth-order valence-corrected chi connectivity index (χ4v) is 2.28. The van der Waals surface area contributed by atoms with E-state index in [2.05, 4.69) is 6.92 Å². The topological polar surface area (TPSA) is 101 Å². The van der Waals surface area contributed by atoms with Gasteiger partial charge >= 0.3 is 5.97 Å². The summed E-state index contributed by atoms with van der Waals surface area (Å²) in [7, 11) is 0. The Labute approximate surface area is 133 Å². The smallest absolute Gasteiger partial charge is 0.323 e. The quantitative estimate of drug-likeness (QED) is 0.508. The number of rotatable bonds is 13. The zero-order valence-corrected chi connectivity index (χ0v) is 13.7. The summed E-state index contributed by atoms with van der Waals surface area (Å²) in [5.41, 5.74) is 5.19. The first-order valence-electron chi connectivity index (χ1n) is 8.28. The lowest BCUT2D eigenvalue weighted by molar-refractivity contribution is -0.152. The Kier molecular flexibility index (Phi) is 12.4. The Morgan fingerprint density at radius 2 is 1.36 bits per heavy atom. The second-order valence-electron chi connectivity index (χ2n) is 5.55. The molecule has 0 unspecified atom stereocenters. The van der Waals surface area contributed by atoms with Crippen LogP contribution in [-0.4, -0.2) is 40.9 Å². The normalized spacial score (nSPS) is 10.5. The van der Waals surface area contributed by atoms with Crippen molar-refractivity contribution >= 4 is 17.8 Å². The van der Waals surface area contributed by atoms with Gasteiger partial charge in [-0.25, -0.2) is 0 Å². The van der Waals surface area contributed by atoms with Crippen molar-refractivity contribution < 1.29 is 19.5 Å². The number of nitrogens with zero attached hydrogens (tertiary/aromatic N) is 1. The van der Waals surface area contributed by atoms with Gasteiger partial charge in [0.1, 0.15) is 6.54 Å². The third-order valence-corrected chi connectivity index (χ3v) is 3.56. The van der Waals surface area contributed by atoms with Gasteiger partial charge in [0, 0.05) is 6.42 Å². The highest BCUT2D eigenvalue weighted by atomic mass is 16.4. The van der Waals surface area contributed by atoms with Crippen LogP contribution in [0.15, 0.2) is 0 Å². The van der Waals surface area contributed by atoms with Crippen LogP contribution in [0.2, 0.25) is 0 Å². The van der Waals surface area contributed by atoms with Crippen molar-refractivity contribution in [3.63, 3.8) is 0 Å². The van der Waals surface area contributed by atoms with Gasteiger partial charge in [0.05, 0.1) is 6.54 Å². The molecule has 0 spiro atoms. The summed E-state index contributed by atoms with van der Waals surface area (Å²) in [6.45, 7) is 1.24. The van der Waals surface area contributed by atoms with E-state index in [0.717, 1.165) is 17.7 Å². The Balaban J connectivity index is 3.81. The lowest BCUT2D eigenvalue weighted by Crippen LogP contribution is -2.43. The van der Waals surface area contributed by atoms with Crippen molar-refractivity contribution in [3.8, 4) is 0 Å². The van der Waals surface area contributed by atoms with E-state index in [9.17, 15) is 14.4 Å². The molecule has 0 radical (unpaired) electrons. The lowest BCUT2D eigenvalue weighted by atomic mass is 10.1. The molecular formula is C16H30N2O4. The molecule has 0 fully saturated rings. The summed E-state index contributed by atoms with van der Waals surface area (Å²) < 4.78 is 0. The van der Waals surface area contributed by atoms with Gasteiger partial charge in [-0.15, -0.1) is 0 Å². The van der Waals surface area contributed by atoms with Gasteiger partial charge in [0.15, 0.2) is 0 Å². The van der Waals surface area contributed by atoms with E-state index in [1.165, 1.54) is 38.5 Å². The number of aliphatic carboxylic acids is 1. The highest BCUT2D eigenvalue weighted by Crippen LogP contribution is 2.11. The monoisotopic (exact) mass is 314 g/mol. The van der Waals surface area contributed by atoms with Gasteiger partial charge in [0.25, 0.3) is 0 Å². The van der Waals surface area contributed by atoms with E-state index >= 15 is 0 Å². The standard InChI is InChI=1S/C16H30N2O4/c1-2-3-4-5-6-7-8-9-10-11-14(19)18(13-16(21)22)15(20)12-17/h2-13,17H2,1H3,(H,21,22). The van der Waals surface area contributed by atoms with Crippen molar-refractivity contribution in [2.75, 3.05) is 13.1 Å². The zero-order chi connectivity index (χ0) is 16.8. The molecule has 2 amide bonds. The molecule has 3 N–H and O–H groups in total. The number of carbonyl (C=O) groups is 3. The molecule has 0 atom stereocenters. The summed E-state index contributed by atoms with van der Waals surface area (Å²) in [5.74, 6) is -2.29. The number of carboxylic acids is 1. The summed E-state index contributed by atoms with van der Waals surface area (Å²) in [5, 5.41) is 8.72. The molecule has 0 bridgehead atoms. The molecule has 0 saturated heterocycles. The van der Waals surface area contributed by atoms with Crippen molar-refractivity contribution in [3.05, 3.63) is 0 Å². The van der Waals surface area contributed by atoms with E-state index in [1.807, 2.05) is 0 Å². The first kappa shape index (κ1) is 20.6. The molecular weight excluding hydrogens is 284 g/mol. The third kappa shape index (κ3) is 10.3. The number of imide groups is 1. The van der Waals surface area contributed by atoms with E-state index in [0.29, 0.717) is 6.42 Å². The fraction of sp³-hybridized carbons (Fsp3) is 0.812. The van der Waals surface area contributed by atoms with Crippen LogP contribution in [0, 0.1) is 0 Å².